The summed E-state index contributed by atoms with van der Waals surface area (Å²) < 4.78 is 0. The molecule has 1 heteroatoms. The Morgan fingerprint density at radius 2 is 2.23 bits per heavy atom. The van der Waals surface area contributed by atoms with Gasteiger partial charge in [0.2, 0.25) is 0 Å². The van der Waals surface area contributed by atoms with E-state index in [0.29, 0.717) is 0 Å². The first-order valence-corrected chi connectivity index (χ1v) is 5.22. The van der Waals surface area contributed by atoms with Gasteiger partial charge in [0.15, 0.2) is 0 Å². The average molecular weight is 175 g/mol. The number of hydrogen-bond donors (Lipinski definition) is 1. The zero-order valence-electron chi connectivity index (χ0n) is 8.43. The van der Waals surface area contributed by atoms with Gasteiger partial charge in [0.05, 0.1) is 0 Å². The molecule has 0 amide bonds. The van der Waals surface area contributed by atoms with Crippen molar-refractivity contribution in [3.05, 3.63) is 29.3 Å². The van der Waals surface area contributed by atoms with Gasteiger partial charge in [-0.2, -0.15) is 0 Å². The summed E-state index contributed by atoms with van der Waals surface area (Å²) in [6.07, 6.45) is 2.37. The highest BCUT2D eigenvalue weighted by molar-refractivity contribution is 5.63. The Hall–Kier alpha value is -0.980. The molecule has 1 N–H and O–H groups in total. The molecule has 0 spiro atoms. The minimum Gasteiger partial charge on any atom is -0.384 e. The maximum Gasteiger partial charge on any atom is 0.0408 e. The summed E-state index contributed by atoms with van der Waals surface area (Å²) in [7, 11) is 0. The van der Waals surface area contributed by atoms with E-state index in [1.54, 1.807) is 0 Å². The second-order valence-electron chi connectivity index (χ2n) is 3.72. The van der Waals surface area contributed by atoms with Crippen LogP contribution in [0.25, 0.3) is 0 Å². The Kier molecular flexibility index (Phi) is 2.26. The highest BCUT2D eigenvalue weighted by atomic mass is 14.9. The lowest BCUT2D eigenvalue weighted by atomic mass is 9.96. The standard InChI is InChI=1S/C12H17N/c1-3-9-6-5-7-11-10(4-2)8-13-12(9)11/h5-7,10,13H,3-4,8H2,1-2H3/t10-/m1/s1. The molecular formula is C12H17N. The van der Waals surface area contributed by atoms with Crippen LogP contribution in [-0.2, 0) is 6.42 Å². The molecule has 1 aliphatic rings. The van der Waals surface area contributed by atoms with E-state index in [1.165, 1.54) is 23.2 Å². The summed E-state index contributed by atoms with van der Waals surface area (Å²) >= 11 is 0. The molecule has 70 valence electrons. The number of para-hydroxylation sites is 1. The van der Waals surface area contributed by atoms with Gasteiger partial charge in [-0.25, -0.2) is 0 Å². The summed E-state index contributed by atoms with van der Waals surface area (Å²) in [5.41, 5.74) is 4.41. The lowest BCUT2D eigenvalue weighted by molar-refractivity contribution is 0.727. The van der Waals surface area contributed by atoms with Crippen LogP contribution in [0.1, 0.15) is 37.3 Å². The quantitative estimate of drug-likeness (QED) is 0.728. The lowest BCUT2D eigenvalue weighted by Gasteiger charge is -2.07. The van der Waals surface area contributed by atoms with Crippen molar-refractivity contribution >= 4 is 5.69 Å². The van der Waals surface area contributed by atoms with Gasteiger partial charge >= 0.3 is 0 Å². The molecule has 0 saturated heterocycles. The van der Waals surface area contributed by atoms with Crippen LogP contribution in [0.3, 0.4) is 0 Å². The van der Waals surface area contributed by atoms with Gasteiger partial charge in [-0.05, 0) is 24.0 Å². The normalized spacial score (nSPS) is 19.7. The number of rotatable bonds is 2. The maximum absolute atomic E-state index is 3.52. The molecule has 0 saturated carbocycles. The van der Waals surface area contributed by atoms with E-state index in [1.807, 2.05) is 0 Å². The van der Waals surface area contributed by atoms with Crippen LogP contribution in [0.5, 0.6) is 0 Å². The zero-order chi connectivity index (χ0) is 9.26. The third-order valence-electron chi connectivity index (χ3n) is 3.02. The summed E-state index contributed by atoms with van der Waals surface area (Å²) in [4.78, 5) is 0. The topological polar surface area (TPSA) is 12.0 Å². The van der Waals surface area contributed by atoms with Crippen molar-refractivity contribution in [2.45, 2.75) is 32.6 Å². The van der Waals surface area contributed by atoms with Crippen LogP contribution < -0.4 is 5.32 Å². The van der Waals surface area contributed by atoms with Crippen molar-refractivity contribution in [1.29, 1.82) is 0 Å². The number of hydrogen-bond acceptors (Lipinski definition) is 1. The number of fused-ring (bicyclic) bond motifs is 1. The van der Waals surface area contributed by atoms with Crippen molar-refractivity contribution in [2.75, 3.05) is 11.9 Å². The molecule has 1 atom stereocenters. The first-order chi connectivity index (χ1) is 6.36. The molecular weight excluding hydrogens is 158 g/mol. The first kappa shape index (κ1) is 8.61. The van der Waals surface area contributed by atoms with Crippen molar-refractivity contribution < 1.29 is 0 Å². The largest absolute Gasteiger partial charge is 0.384 e. The van der Waals surface area contributed by atoms with Crippen LogP contribution in [0, 0.1) is 0 Å². The number of anilines is 1. The van der Waals surface area contributed by atoms with E-state index >= 15 is 0 Å². The van der Waals surface area contributed by atoms with Gasteiger partial charge in [0.1, 0.15) is 0 Å². The molecule has 13 heavy (non-hydrogen) atoms. The summed E-state index contributed by atoms with van der Waals surface area (Å²) in [5, 5.41) is 3.52. The third kappa shape index (κ3) is 1.32. The fourth-order valence-corrected chi connectivity index (χ4v) is 2.17. The van der Waals surface area contributed by atoms with Crippen LogP contribution in [0.15, 0.2) is 18.2 Å². The van der Waals surface area contributed by atoms with E-state index in [4.69, 9.17) is 0 Å². The van der Waals surface area contributed by atoms with Gasteiger partial charge in [-0.3, -0.25) is 0 Å². The number of aryl methyl sites for hydroxylation is 1. The van der Waals surface area contributed by atoms with Gasteiger partial charge < -0.3 is 5.32 Å². The molecule has 1 aromatic carbocycles. The van der Waals surface area contributed by atoms with Crippen LogP contribution in [0.4, 0.5) is 5.69 Å². The molecule has 0 bridgehead atoms. The predicted molar refractivity (Wildman–Crippen MR) is 57.3 cm³/mol. The third-order valence-corrected chi connectivity index (χ3v) is 3.02. The lowest BCUT2D eigenvalue weighted by Crippen LogP contribution is -1.99. The molecule has 2 rings (SSSR count). The predicted octanol–water partition coefficient (Wildman–Crippen LogP) is 3.17. The first-order valence-electron chi connectivity index (χ1n) is 5.22. The van der Waals surface area contributed by atoms with Gasteiger partial charge in [-0.15, -0.1) is 0 Å². The van der Waals surface area contributed by atoms with E-state index in [2.05, 4.69) is 37.4 Å². The Morgan fingerprint density at radius 1 is 1.38 bits per heavy atom. The maximum atomic E-state index is 3.52. The van der Waals surface area contributed by atoms with Gasteiger partial charge in [-0.1, -0.05) is 32.0 Å². The highest BCUT2D eigenvalue weighted by Crippen LogP contribution is 2.35. The molecule has 1 nitrogen and oxygen atoms in total. The second kappa shape index (κ2) is 3.41. The Bertz CT molecular complexity index is 304. The Labute approximate surface area is 80.2 Å². The van der Waals surface area contributed by atoms with Crippen molar-refractivity contribution in [3.63, 3.8) is 0 Å². The van der Waals surface area contributed by atoms with E-state index in [0.717, 1.165) is 18.9 Å². The molecule has 0 aliphatic carbocycles. The zero-order valence-corrected chi connectivity index (χ0v) is 8.43. The monoisotopic (exact) mass is 175 g/mol. The molecule has 0 unspecified atom stereocenters. The second-order valence-corrected chi connectivity index (χ2v) is 3.72. The number of nitrogens with one attached hydrogen (secondary N) is 1. The van der Waals surface area contributed by atoms with Gasteiger partial charge in [0, 0.05) is 18.2 Å². The highest BCUT2D eigenvalue weighted by Gasteiger charge is 2.21. The Morgan fingerprint density at radius 3 is 2.92 bits per heavy atom. The summed E-state index contributed by atoms with van der Waals surface area (Å²) in [5.74, 6) is 0.737. The van der Waals surface area contributed by atoms with Crippen molar-refractivity contribution in [3.8, 4) is 0 Å². The SMILES string of the molecule is CCc1cccc2c1NC[C@H]2CC. The summed E-state index contributed by atoms with van der Waals surface area (Å²) in [6, 6.07) is 6.68. The fraction of sp³-hybridized carbons (Fsp3) is 0.500. The van der Waals surface area contributed by atoms with E-state index < -0.39 is 0 Å². The minimum atomic E-state index is 0.737. The molecule has 0 aromatic heterocycles. The van der Waals surface area contributed by atoms with Crippen LogP contribution in [0.2, 0.25) is 0 Å². The molecule has 1 heterocycles. The minimum absolute atomic E-state index is 0.737. The van der Waals surface area contributed by atoms with Crippen molar-refractivity contribution in [2.24, 2.45) is 0 Å². The molecule has 0 fully saturated rings. The fourth-order valence-electron chi connectivity index (χ4n) is 2.17. The Balaban J connectivity index is 2.43. The van der Waals surface area contributed by atoms with E-state index in [-0.39, 0.29) is 0 Å². The molecule has 1 aromatic rings. The van der Waals surface area contributed by atoms with Crippen molar-refractivity contribution in [1.82, 2.24) is 0 Å². The smallest absolute Gasteiger partial charge is 0.0408 e. The number of benzene rings is 1. The van der Waals surface area contributed by atoms with Crippen LogP contribution in [-0.4, -0.2) is 6.54 Å². The van der Waals surface area contributed by atoms with Crippen LogP contribution >= 0.6 is 0 Å². The van der Waals surface area contributed by atoms with Gasteiger partial charge in [0.25, 0.3) is 0 Å². The molecule has 1 aliphatic heterocycles. The molecule has 0 radical (unpaired) electrons. The summed E-state index contributed by atoms with van der Waals surface area (Å²) in [6.45, 7) is 5.61. The average Bonchev–Trinajstić information content (AvgIpc) is 2.60. The van der Waals surface area contributed by atoms with E-state index in [9.17, 15) is 0 Å².